The first-order chi connectivity index (χ1) is 14.0. The van der Waals surface area contributed by atoms with Crippen molar-refractivity contribution in [1.82, 2.24) is 4.31 Å². The first-order valence-corrected chi connectivity index (χ1v) is 12.2. The number of sulfonamides is 1. The number of rotatable bonds is 8. The second-order valence-corrected chi connectivity index (χ2v) is 9.72. The highest BCUT2D eigenvalue weighted by Crippen LogP contribution is 2.32. The molecular formula is C21H27N3O3S2. The summed E-state index contributed by atoms with van der Waals surface area (Å²) < 4.78 is 27.3. The molecule has 2 aromatic rings. The van der Waals surface area contributed by atoms with Crippen LogP contribution in [0.4, 0.5) is 11.4 Å². The molecule has 0 spiro atoms. The minimum Gasteiger partial charge on any atom is -0.370 e. The molecule has 29 heavy (non-hydrogen) atoms. The van der Waals surface area contributed by atoms with Crippen LogP contribution in [0, 0.1) is 0 Å². The number of benzene rings is 1. The van der Waals surface area contributed by atoms with E-state index in [4.69, 9.17) is 0 Å². The van der Waals surface area contributed by atoms with Crippen LogP contribution >= 0.6 is 11.3 Å². The number of anilines is 2. The molecule has 1 fully saturated rings. The van der Waals surface area contributed by atoms with E-state index in [1.54, 1.807) is 35.6 Å². The molecule has 3 rings (SSSR count). The number of hydrogen-bond donors (Lipinski definition) is 1. The molecule has 0 aliphatic carbocycles. The largest absolute Gasteiger partial charge is 0.370 e. The Morgan fingerprint density at radius 2 is 1.93 bits per heavy atom. The molecule has 1 N–H and O–H groups in total. The zero-order valence-electron chi connectivity index (χ0n) is 16.8. The van der Waals surface area contributed by atoms with Gasteiger partial charge in [-0.05, 0) is 48.6 Å². The lowest BCUT2D eigenvalue weighted by molar-refractivity contribution is -0.111. The fourth-order valence-corrected chi connectivity index (χ4v) is 5.54. The molecule has 0 bridgehead atoms. The van der Waals surface area contributed by atoms with Gasteiger partial charge in [0.05, 0.1) is 16.3 Å². The van der Waals surface area contributed by atoms with Crippen LogP contribution in [-0.2, 0) is 14.8 Å². The lowest BCUT2D eigenvalue weighted by Gasteiger charge is -2.24. The zero-order chi connectivity index (χ0) is 20.9. The summed E-state index contributed by atoms with van der Waals surface area (Å²) >= 11 is 1.55. The van der Waals surface area contributed by atoms with Crippen LogP contribution in [0.2, 0.25) is 0 Å². The molecule has 1 aliphatic heterocycles. The Kier molecular flexibility index (Phi) is 7.10. The molecule has 1 aromatic heterocycles. The third-order valence-corrected chi connectivity index (χ3v) is 7.84. The quantitative estimate of drug-likeness (QED) is 0.638. The van der Waals surface area contributed by atoms with Crippen molar-refractivity contribution < 1.29 is 13.2 Å². The van der Waals surface area contributed by atoms with Crippen molar-refractivity contribution >= 4 is 44.7 Å². The van der Waals surface area contributed by atoms with E-state index in [2.05, 4.69) is 10.2 Å². The van der Waals surface area contributed by atoms with Crippen LogP contribution < -0.4 is 10.2 Å². The van der Waals surface area contributed by atoms with Crippen molar-refractivity contribution in [1.29, 1.82) is 0 Å². The molecule has 0 saturated carbocycles. The van der Waals surface area contributed by atoms with E-state index in [9.17, 15) is 13.2 Å². The third-order valence-electron chi connectivity index (χ3n) is 4.96. The van der Waals surface area contributed by atoms with Gasteiger partial charge >= 0.3 is 0 Å². The molecule has 0 unspecified atom stereocenters. The van der Waals surface area contributed by atoms with Crippen LogP contribution in [0.3, 0.4) is 0 Å². The van der Waals surface area contributed by atoms with Gasteiger partial charge in [-0.3, -0.25) is 4.79 Å². The molecule has 6 nitrogen and oxygen atoms in total. The zero-order valence-corrected chi connectivity index (χ0v) is 18.4. The molecule has 1 aromatic carbocycles. The standard InChI is InChI=1S/C21H27N3O3S2/c1-3-24(4-2)29(26,27)18-10-11-20(23-13-5-6-14-23)19(16-18)22-21(25)12-9-17-8-7-15-28-17/h7-12,15-16H,3-6,13-14H2,1-2H3,(H,22,25)/b12-9+. The average molecular weight is 434 g/mol. The Morgan fingerprint density at radius 3 is 2.55 bits per heavy atom. The van der Waals surface area contributed by atoms with Gasteiger partial charge in [0.1, 0.15) is 0 Å². The van der Waals surface area contributed by atoms with E-state index < -0.39 is 10.0 Å². The summed E-state index contributed by atoms with van der Waals surface area (Å²) in [6, 6.07) is 8.88. The van der Waals surface area contributed by atoms with Crippen molar-refractivity contribution in [2.75, 3.05) is 36.4 Å². The Hall–Kier alpha value is -2.16. The maximum Gasteiger partial charge on any atom is 0.248 e. The van der Waals surface area contributed by atoms with E-state index in [1.807, 2.05) is 31.4 Å². The monoisotopic (exact) mass is 433 g/mol. The minimum atomic E-state index is -3.60. The van der Waals surface area contributed by atoms with Gasteiger partial charge in [0.2, 0.25) is 15.9 Å². The summed E-state index contributed by atoms with van der Waals surface area (Å²) in [7, 11) is -3.60. The van der Waals surface area contributed by atoms with Crippen LogP contribution in [0.1, 0.15) is 31.6 Å². The Balaban J connectivity index is 1.92. The van der Waals surface area contributed by atoms with E-state index in [-0.39, 0.29) is 10.8 Å². The topological polar surface area (TPSA) is 69.7 Å². The fraction of sp³-hybridized carbons (Fsp3) is 0.381. The molecule has 8 heteroatoms. The van der Waals surface area contributed by atoms with Gasteiger partial charge in [-0.25, -0.2) is 8.42 Å². The second-order valence-electron chi connectivity index (χ2n) is 6.80. The van der Waals surface area contributed by atoms with Gasteiger partial charge in [-0.15, -0.1) is 11.3 Å². The highest BCUT2D eigenvalue weighted by molar-refractivity contribution is 7.89. The smallest absolute Gasteiger partial charge is 0.248 e. The number of hydrogen-bond acceptors (Lipinski definition) is 5. The SMILES string of the molecule is CCN(CC)S(=O)(=O)c1ccc(N2CCCC2)c(NC(=O)/C=C/c2cccs2)c1. The summed E-state index contributed by atoms with van der Waals surface area (Å²) in [5.41, 5.74) is 1.39. The molecule has 156 valence electrons. The molecule has 1 saturated heterocycles. The summed E-state index contributed by atoms with van der Waals surface area (Å²) in [6.45, 7) is 6.23. The van der Waals surface area contributed by atoms with Crippen molar-refractivity contribution in [3.8, 4) is 0 Å². The number of nitrogens with one attached hydrogen (secondary N) is 1. The predicted octanol–water partition coefficient (Wildman–Crippen LogP) is 4.03. The predicted molar refractivity (Wildman–Crippen MR) is 120 cm³/mol. The maximum atomic E-state index is 12.9. The first-order valence-electron chi connectivity index (χ1n) is 9.87. The molecule has 1 aliphatic rings. The number of carbonyl (C=O) groups excluding carboxylic acids is 1. The van der Waals surface area contributed by atoms with E-state index >= 15 is 0 Å². The Bertz CT molecular complexity index is 959. The molecule has 0 atom stereocenters. The van der Waals surface area contributed by atoms with Crippen molar-refractivity contribution in [2.24, 2.45) is 0 Å². The molecule has 0 radical (unpaired) electrons. The van der Waals surface area contributed by atoms with Gasteiger partial charge in [0.25, 0.3) is 0 Å². The minimum absolute atomic E-state index is 0.196. The average Bonchev–Trinajstić information content (AvgIpc) is 3.41. The molecular weight excluding hydrogens is 406 g/mol. The van der Waals surface area contributed by atoms with Crippen LogP contribution in [-0.4, -0.2) is 44.8 Å². The summed E-state index contributed by atoms with van der Waals surface area (Å²) in [4.78, 5) is 15.9. The van der Waals surface area contributed by atoms with E-state index in [0.717, 1.165) is 36.5 Å². The van der Waals surface area contributed by atoms with E-state index in [1.165, 1.54) is 10.4 Å². The van der Waals surface area contributed by atoms with Crippen molar-refractivity contribution in [3.05, 3.63) is 46.7 Å². The van der Waals surface area contributed by atoms with Crippen LogP contribution in [0.25, 0.3) is 6.08 Å². The van der Waals surface area contributed by atoms with Gasteiger partial charge in [-0.2, -0.15) is 4.31 Å². The van der Waals surface area contributed by atoms with Crippen LogP contribution in [0.15, 0.2) is 46.7 Å². The van der Waals surface area contributed by atoms with Gasteiger partial charge in [0, 0.05) is 37.1 Å². The normalized spacial score (nSPS) is 14.8. The van der Waals surface area contributed by atoms with Gasteiger partial charge < -0.3 is 10.2 Å². The van der Waals surface area contributed by atoms with Crippen molar-refractivity contribution in [3.63, 3.8) is 0 Å². The Labute approximate surface area is 176 Å². The summed E-state index contributed by atoms with van der Waals surface area (Å²) in [6.07, 6.45) is 5.41. The molecule has 2 heterocycles. The lowest BCUT2D eigenvalue weighted by Crippen LogP contribution is -2.31. The van der Waals surface area contributed by atoms with Crippen LogP contribution in [0.5, 0.6) is 0 Å². The highest BCUT2D eigenvalue weighted by atomic mass is 32.2. The number of thiophene rings is 1. The third kappa shape index (κ3) is 5.07. The van der Waals surface area contributed by atoms with Gasteiger partial charge in [-0.1, -0.05) is 19.9 Å². The van der Waals surface area contributed by atoms with Gasteiger partial charge in [0.15, 0.2) is 0 Å². The summed E-state index contributed by atoms with van der Waals surface area (Å²) in [5, 5.41) is 4.84. The number of amides is 1. The Morgan fingerprint density at radius 1 is 1.21 bits per heavy atom. The lowest BCUT2D eigenvalue weighted by atomic mass is 10.2. The fourth-order valence-electron chi connectivity index (χ4n) is 3.44. The van der Waals surface area contributed by atoms with Crippen molar-refractivity contribution in [2.45, 2.75) is 31.6 Å². The highest BCUT2D eigenvalue weighted by Gasteiger charge is 2.24. The molecule has 1 amide bonds. The number of carbonyl (C=O) groups is 1. The summed E-state index contributed by atoms with van der Waals surface area (Å²) in [5.74, 6) is -0.281. The first kappa shape index (κ1) is 21.5. The second kappa shape index (κ2) is 9.56. The maximum absolute atomic E-state index is 12.9. The van der Waals surface area contributed by atoms with E-state index in [0.29, 0.717) is 18.8 Å². The number of nitrogens with zero attached hydrogens (tertiary/aromatic N) is 2.